The fourth-order valence-corrected chi connectivity index (χ4v) is 2.50. The third-order valence-electron chi connectivity index (χ3n) is 3.03. The second-order valence-electron chi connectivity index (χ2n) is 3.68. The Labute approximate surface area is 74.9 Å². The van der Waals surface area contributed by atoms with Crippen LogP contribution in [0.25, 0.3) is 0 Å². The van der Waals surface area contributed by atoms with Gasteiger partial charge >= 0.3 is 11.9 Å². The van der Waals surface area contributed by atoms with Crippen molar-refractivity contribution in [3.63, 3.8) is 0 Å². The van der Waals surface area contributed by atoms with Gasteiger partial charge in [0.1, 0.15) is 0 Å². The molecule has 2 bridgehead atoms. The van der Waals surface area contributed by atoms with Gasteiger partial charge in [-0.2, -0.15) is 0 Å². The lowest BCUT2D eigenvalue weighted by Crippen LogP contribution is -2.32. The summed E-state index contributed by atoms with van der Waals surface area (Å²) in [5.41, 5.74) is 0. The molecule has 0 radical (unpaired) electrons. The van der Waals surface area contributed by atoms with Crippen molar-refractivity contribution in [1.29, 1.82) is 0 Å². The summed E-state index contributed by atoms with van der Waals surface area (Å²) in [6, 6.07) is 0. The molecule has 0 aromatic rings. The summed E-state index contributed by atoms with van der Waals surface area (Å²) in [5, 5.41) is 17.7. The Morgan fingerprint density at radius 1 is 1.00 bits per heavy atom. The number of aliphatic carboxylic acids is 2. The summed E-state index contributed by atoms with van der Waals surface area (Å²) >= 11 is 0. The van der Waals surface area contributed by atoms with E-state index >= 15 is 0 Å². The SMILES string of the molecule is O=C(O)[C@@H]1C2C=CC(C2)[C@@H]1C(=O)O. The van der Waals surface area contributed by atoms with E-state index in [0.29, 0.717) is 6.42 Å². The first kappa shape index (κ1) is 8.29. The molecule has 0 aromatic heterocycles. The first-order valence-electron chi connectivity index (χ1n) is 4.25. The molecule has 0 aromatic carbocycles. The van der Waals surface area contributed by atoms with Crippen molar-refractivity contribution in [2.45, 2.75) is 6.42 Å². The van der Waals surface area contributed by atoms with E-state index in [1.807, 2.05) is 12.2 Å². The van der Waals surface area contributed by atoms with Crippen molar-refractivity contribution in [3.8, 4) is 0 Å². The van der Waals surface area contributed by atoms with Gasteiger partial charge in [-0.3, -0.25) is 9.59 Å². The molecule has 1 saturated carbocycles. The third kappa shape index (κ3) is 1.05. The molecule has 4 nitrogen and oxygen atoms in total. The number of allylic oxidation sites excluding steroid dienone is 2. The minimum Gasteiger partial charge on any atom is -0.481 e. The van der Waals surface area contributed by atoms with Crippen molar-refractivity contribution in [2.75, 3.05) is 0 Å². The molecule has 0 spiro atoms. The average Bonchev–Trinajstić information content (AvgIpc) is 2.60. The monoisotopic (exact) mass is 182 g/mol. The highest BCUT2D eigenvalue weighted by atomic mass is 16.4. The smallest absolute Gasteiger partial charge is 0.307 e. The number of carboxylic acids is 2. The first-order valence-corrected chi connectivity index (χ1v) is 4.25. The van der Waals surface area contributed by atoms with E-state index in [1.165, 1.54) is 0 Å². The molecule has 0 saturated heterocycles. The molecule has 2 aliphatic rings. The molecule has 2 rings (SSSR count). The van der Waals surface area contributed by atoms with Gasteiger partial charge in [0, 0.05) is 0 Å². The van der Waals surface area contributed by atoms with Crippen LogP contribution in [-0.4, -0.2) is 22.2 Å². The Morgan fingerprint density at radius 3 is 1.69 bits per heavy atom. The predicted molar refractivity (Wildman–Crippen MR) is 43.0 cm³/mol. The number of hydrogen-bond acceptors (Lipinski definition) is 2. The van der Waals surface area contributed by atoms with E-state index in [-0.39, 0.29) is 11.8 Å². The van der Waals surface area contributed by atoms with Gasteiger partial charge in [-0.25, -0.2) is 0 Å². The molecule has 2 unspecified atom stereocenters. The maximum absolute atomic E-state index is 10.8. The maximum Gasteiger partial charge on any atom is 0.307 e. The molecule has 2 N–H and O–H groups in total. The topological polar surface area (TPSA) is 74.6 Å². The Hall–Kier alpha value is -1.32. The van der Waals surface area contributed by atoms with E-state index in [9.17, 15) is 9.59 Å². The molecule has 1 fully saturated rings. The van der Waals surface area contributed by atoms with E-state index in [4.69, 9.17) is 10.2 Å². The van der Waals surface area contributed by atoms with Gasteiger partial charge in [0.25, 0.3) is 0 Å². The molecule has 13 heavy (non-hydrogen) atoms. The van der Waals surface area contributed by atoms with Crippen LogP contribution in [0.15, 0.2) is 12.2 Å². The van der Waals surface area contributed by atoms with Crippen LogP contribution in [0.5, 0.6) is 0 Å². The number of hydrogen-bond donors (Lipinski definition) is 2. The van der Waals surface area contributed by atoms with Crippen molar-refractivity contribution in [2.24, 2.45) is 23.7 Å². The van der Waals surface area contributed by atoms with Crippen molar-refractivity contribution in [3.05, 3.63) is 12.2 Å². The zero-order valence-electron chi connectivity index (χ0n) is 6.88. The number of fused-ring (bicyclic) bond motifs is 2. The molecule has 0 heterocycles. The molecule has 0 aliphatic heterocycles. The van der Waals surface area contributed by atoms with Crippen molar-refractivity contribution in [1.82, 2.24) is 0 Å². The van der Waals surface area contributed by atoms with Gasteiger partial charge in [-0.15, -0.1) is 0 Å². The molecule has 4 heteroatoms. The zero-order chi connectivity index (χ0) is 9.59. The molecule has 70 valence electrons. The maximum atomic E-state index is 10.8. The number of carbonyl (C=O) groups is 2. The van der Waals surface area contributed by atoms with Gasteiger partial charge in [0.2, 0.25) is 0 Å². The average molecular weight is 182 g/mol. The third-order valence-corrected chi connectivity index (χ3v) is 3.03. The van der Waals surface area contributed by atoms with Crippen LogP contribution in [0.2, 0.25) is 0 Å². The quantitative estimate of drug-likeness (QED) is 0.613. The van der Waals surface area contributed by atoms with Crippen LogP contribution >= 0.6 is 0 Å². The van der Waals surface area contributed by atoms with E-state index in [0.717, 1.165) is 0 Å². The van der Waals surface area contributed by atoms with Gasteiger partial charge < -0.3 is 10.2 Å². The minimum atomic E-state index is -0.982. The Bertz CT molecular complexity index is 266. The van der Waals surface area contributed by atoms with Gasteiger partial charge in [0.05, 0.1) is 11.8 Å². The summed E-state index contributed by atoms with van der Waals surface area (Å²) in [6.45, 7) is 0. The van der Waals surface area contributed by atoms with E-state index < -0.39 is 23.8 Å². The summed E-state index contributed by atoms with van der Waals surface area (Å²) in [6.07, 6.45) is 4.36. The Morgan fingerprint density at radius 2 is 1.38 bits per heavy atom. The highest BCUT2D eigenvalue weighted by Crippen LogP contribution is 2.48. The van der Waals surface area contributed by atoms with Crippen LogP contribution in [0.1, 0.15) is 6.42 Å². The Kier molecular flexibility index (Phi) is 1.65. The van der Waals surface area contributed by atoms with Crippen molar-refractivity contribution >= 4 is 11.9 Å². The lowest BCUT2D eigenvalue weighted by Gasteiger charge is -2.20. The fraction of sp³-hybridized carbons (Fsp3) is 0.556. The van der Waals surface area contributed by atoms with Gasteiger partial charge in [-0.1, -0.05) is 12.2 Å². The zero-order valence-corrected chi connectivity index (χ0v) is 6.88. The summed E-state index contributed by atoms with van der Waals surface area (Å²) < 4.78 is 0. The van der Waals surface area contributed by atoms with Crippen LogP contribution in [0, 0.1) is 23.7 Å². The minimum absolute atomic E-state index is 0.0661. The standard InChI is InChI=1S/C9H10O4/c10-8(11)6-4-1-2-5(3-4)7(6)9(12)13/h1-2,4-7H,3H2,(H,10,11)(H,12,13)/t4?,5?,6-,7+. The fourth-order valence-electron chi connectivity index (χ4n) is 2.50. The van der Waals surface area contributed by atoms with Crippen LogP contribution < -0.4 is 0 Å². The Balaban J connectivity index is 2.30. The molecular weight excluding hydrogens is 172 g/mol. The predicted octanol–water partition coefficient (Wildman–Crippen LogP) is 0.594. The summed E-state index contributed by atoms with van der Waals surface area (Å²) in [7, 11) is 0. The van der Waals surface area contributed by atoms with E-state index in [2.05, 4.69) is 0 Å². The van der Waals surface area contributed by atoms with Gasteiger partial charge in [0.15, 0.2) is 0 Å². The molecule has 4 atom stereocenters. The highest BCUT2D eigenvalue weighted by molar-refractivity contribution is 5.82. The molecule has 0 amide bonds. The molecular formula is C9H10O4. The summed E-state index contributed by atoms with van der Waals surface area (Å²) in [5.74, 6) is -3.53. The molecule has 2 aliphatic carbocycles. The second-order valence-corrected chi connectivity index (χ2v) is 3.68. The highest BCUT2D eigenvalue weighted by Gasteiger charge is 2.51. The first-order chi connectivity index (χ1) is 6.11. The number of carboxylic acid groups (broad SMARTS) is 2. The number of rotatable bonds is 2. The van der Waals surface area contributed by atoms with Crippen LogP contribution in [0.4, 0.5) is 0 Å². The normalized spacial score (nSPS) is 40.9. The van der Waals surface area contributed by atoms with Crippen molar-refractivity contribution < 1.29 is 19.8 Å². The van der Waals surface area contributed by atoms with Gasteiger partial charge in [-0.05, 0) is 18.3 Å². The largest absolute Gasteiger partial charge is 0.481 e. The summed E-state index contributed by atoms with van der Waals surface area (Å²) in [4.78, 5) is 21.6. The lowest BCUT2D eigenvalue weighted by molar-refractivity contribution is -0.154. The van der Waals surface area contributed by atoms with E-state index in [1.54, 1.807) is 0 Å². The second kappa shape index (κ2) is 2.58. The lowest BCUT2D eigenvalue weighted by atomic mass is 9.83. The van der Waals surface area contributed by atoms with Crippen LogP contribution in [0.3, 0.4) is 0 Å². The van der Waals surface area contributed by atoms with Crippen LogP contribution in [-0.2, 0) is 9.59 Å².